The van der Waals surface area contributed by atoms with Crippen molar-refractivity contribution in [1.82, 2.24) is 0 Å². The van der Waals surface area contributed by atoms with Crippen LogP contribution in [-0.2, 0) is 14.2 Å². The minimum Gasteiger partial charge on any atom is -0.368 e. The third kappa shape index (κ3) is 3.20. The molecule has 0 N–H and O–H groups in total. The second-order valence-corrected chi connectivity index (χ2v) is 7.58. The zero-order valence-electron chi connectivity index (χ0n) is 15.5. The standard InChI is InChI=1S/C24H21NO3/c1-7-19(8-2-16(1)22-13-26-22)25(20-9-3-17(4-10-20)23-14-27-23)21-11-5-18(6-12-21)24-15-28-24/h1-12,22-24H,13-15H2/t22-,23?,24?/m1/s1. The number of rotatable bonds is 6. The van der Waals surface area contributed by atoms with Gasteiger partial charge >= 0.3 is 0 Å². The average Bonchev–Trinajstić information content (AvgIpc) is 3.60. The highest BCUT2D eigenvalue weighted by atomic mass is 16.6. The molecule has 3 aromatic carbocycles. The molecule has 3 aromatic rings. The molecule has 0 amide bonds. The van der Waals surface area contributed by atoms with Gasteiger partial charge in [0.15, 0.2) is 0 Å². The molecule has 3 heterocycles. The Hall–Kier alpha value is -2.66. The van der Waals surface area contributed by atoms with Crippen LogP contribution in [0.15, 0.2) is 72.8 Å². The number of ether oxygens (including phenoxy) is 3. The van der Waals surface area contributed by atoms with E-state index in [4.69, 9.17) is 14.2 Å². The molecular formula is C24H21NO3. The fourth-order valence-electron chi connectivity index (χ4n) is 3.68. The molecule has 0 radical (unpaired) electrons. The average molecular weight is 371 g/mol. The zero-order valence-corrected chi connectivity index (χ0v) is 15.5. The Morgan fingerprint density at radius 1 is 0.464 bits per heavy atom. The minimum atomic E-state index is 0.276. The van der Waals surface area contributed by atoms with E-state index in [1.807, 2.05) is 0 Å². The molecule has 28 heavy (non-hydrogen) atoms. The Morgan fingerprint density at radius 3 is 0.929 bits per heavy atom. The fraction of sp³-hybridized carbons (Fsp3) is 0.250. The molecule has 0 aromatic heterocycles. The summed E-state index contributed by atoms with van der Waals surface area (Å²) in [6.45, 7) is 2.50. The summed E-state index contributed by atoms with van der Waals surface area (Å²) in [6.07, 6.45) is 0.828. The van der Waals surface area contributed by atoms with Gasteiger partial charge < -0.3 is 19.1 Å². The summed E-state index contributed by atoms with van der Waals surface area (Å²) in [5.41, 5.74) is 7.13. The molecule has 0 aliphatic carbocycles. The van der Waals surface area contributed by atoms with Crippen molar-refractivity contribution in [2.24, 2.45) is 0 Å². The SMILES string of the molecule is c1cc(N(c2ccc(C3CO3)cc2)c2ccc([C@H]3CO3)cc2)ccc1C1CO1. The summed E-state index contributed by atoms with van der Waals surface area (Å²) >= 11 is 0. The fourth-order valence-corrected chi connectivity index (χ4v) is 3.68. The highest BCUT2D eigenvalue weighted by Gasteiger charge is 2.27. The predicted octanol–water partition coefficient (Wildman–Crippen LogP) is 5.37. The Morgan fingerprint density at radius 2 is 0.714 bits per heavy atom. The summed E-state index contributed by atoms with van der Waals surface area (Å²) in [4.78, 5) is 2.28. The lowest BCUT2D eigenvalue weighted by molar-refractivity contribution is 0.415. The largest absolute Gasteiger partial charge is 0.368 e. The van der Waals surface area contributed by atoms with Gasteiger partial charge in [0.2, 0.25) is 0 Å². The molecule has 4 nitrogen and oxygen atoms in total. The summed E-state index contributed by atoms with van der Waals surface area (Å²) < 4.78 is 16.2. The van der Waals surface area contributed by atoms with Crippen LogP contribution in [0.3, 0.4) is 0 Å². The predicted molar refractivity (Wildman–Crippen MR) is 107 cm³/mol. The summed E-state index contributed by atoms with van der Waals surface area (Å²) in [7, 11) is 0. The number of hydrogen-bond acceptors (Lipinski definition) is 4. The lowest BCUT2D eigenvalue weighted by atomic mass is 10.1. The number of benzene rings is 3. The van der Waals surface area contributed by atoms with Gasteiger partial charge in [-0.1, -0.05) is 36.4 Å². The van der Waals surface area contributed by atoms with E-state index in [9.17, 15) is 0 Å². The van der Waals surface area contributed by atoms with Gasteiger partial charge in [0, 0.05) is 17.1 Å². The first-order chi connectivity index (χ1) is 13.8. The Balaban J connectivity index is 1.37. The van der Waals surface area contributed by atoms with Crippen molar-refractivity contribution >= 4 is 17.1 Å². The van der Waals surface area contributed by atoms with Crippen LogP contribution in [0.2, 0.25) is 0 Å². The van der Waals surface area contributed by atoms with Gasteiger partial charge in [0.05, 0.1) is 19.8 Å². The monoisotopic (exact) mass is 371 g/mol. The normalized spacial score (nSPS) is 24.6. The van der Waals surface area contributed by atoms with E-state index >= 15 is 0 Å². The van der Waals surface area contributed by atoms with E-state index in [1.54, 1.807) is 0 Å². The number of nitrogens with zero attached hydrogens (tertiary/aromatic N) is 1. The van der Waals surface area contributed by atoms with Crippen LogP contribution in [0.4, 0.5) is 17.1 Å². The maximum atomic E-state index is 5.41. The van der Waals surface area contributed by atoms with Crippen molar-refractivity contribution < 1.29 is 14.2 Å². The molecule has 0 bridgehead atoms. The molecule has 3 atom stereocenters. The summed E-state index contributed by atoms with van der Waals surface area (Å²) in [6, 6.07) is 26.0. The van der Waals surface area contributed by atoms with E-state index in [-0.39, 0.29) is 18.3 Å². The molecule has 3 fully saturated rings. The van der Waals surface area contributed by atoms with Crippen LogP contribution < -0.4 is 4.90 Å². The van der Waals surface area contributed by atoms with Gasteiger partial charge in [-0.15, -0.1) is 0 Å². The smallest absolute Gasteiger partial charge is 0.106 e. The molecule has 3 aliphatic heterocycles. The number of epoxide rings is 3. The molecular weight excluding hydrogens is 350 g/mol. The lowest BCUT2D eigenvalue weighted by Gasteiger charge is -2.26. The van der Waals surface area contributed by atoms with E-state index in [1.165, 1.54) is 16.7 Å². The van der Waals surface area contributed by atoms with E-state index in [2.05, 4.69) is 77.7 Å². The molecule has 2 unspecified atom stereocenters. The second kappa shape index (κ2) is 6.45. The summed E-state index contributed by atoms with van der Waals surface area (Å²) in [5, 5.41) is 0. The molecule has 4 heteroatoms. The zero-order chi connectivity index (χ0) is 18.5. The van der Waals surface area contributed by atoms with Crippen molar-refractivity contribution in [2.45, 2.75) is 18.3 Å². The lowest BCUT2D eigenvalue weighted by Crippen LogP contribution is -2.10. The number of hydrogen-bond donors (Lipinski definition) is 0. The molecule has 140 valence electrons. The Bertz CT molecular complexity index is 838. The van der Waals surface area contributed by atoms with Crippen LogP contribution in [0, 0.1) is 0 Å². The van der Waals surface area contributed by atoms with Crippen molar-refractivity contribution in [3.63, 3.8) is 0 Å². The van der Waals surface area contributed by atoms with E-state index < -0.39 is 0 Å². The second-order valence-electron chi connectivity index (χ2n) is 7.58. The van der Waals surface area contributed by atoms with E-state index in [0.717, 1.165) is 36.9 Å². The van der Waals surface area contributed by atoms with Crippen LogP contribution in [-0.4, -0.2) is 19.8 Å². The first kappa shape index (κ1) is 16.3. The Kier molecular flexibility index (Phi) is 3.76. The molecule has 6 rings (SSSR count). The molecule has 0 saturated carbocycles. The van der Waals surface area contributed by atoms with Crippen LogP contribution in [0.25, 0.3) is 0 Å². The van der Waals surface area contributed by atoms with Crippen molar-refractivity contribution in [3.8, 4) is 0 Å². The minimum absolute atomic E-state index is 0.276. The number of anilines is 3. The highest BCUT2D eigenvalue weighted by Crippen LogP contribution is 2.39. The summed E-state index contributed by atoms with van der Waals surface area (Å²) in [5.74, 6) is 0. The van der Waals surface area contributed by atoms with Crippen LogP contribution in [0.1, 0.15) is 35.0 Å². The van der Waals surface area contributed by atoms with Crippen molar-refractivity contribution in [3.05, 3.63) is 89.5 Å². The highest BCUT2D eigenvalue weighted by molar-refractivity contribution is 5.76. The maximum Gasteiger partial charge on any atom is 0.106 e. The van der Waals surface area contributed by atoms with Gasteiger partial charge in [-0.05, 0) is 53.1 Å². The topological polar surface area (TPSA) is 40.8 Å². The van der Waals surface area contributed by atoms with Gasteiger partial charge in [0.25, 0.3) is 0 Å². The Labute approximate surface area is 164 Å². The molecule has 0 spiro atoms. The first-order valence-electron chi connectivity index (χ1n) is 9.80. The van der Waals surface area contributed by atoms with Crippen molar-refractivity contribution in [1.29, 1.82) is 0 Å². The van der Waals surface area contributed by atoms with Gasteiger partial charge in [-0.25, -0.2) is 0 Å². The first-order valence-corrected chi connectivity index (χ1v) is 9.80. The third-order valence-electron chi connectivity index (χ3n) is 5.57. The van der Waals surface area contributed by atoms with Crippen LogP contribution in [0.5, 0.6) is 0 Å². The maximum absolute atomic E-state index is 5.41. The van der Waals surface area contributed by atoms with E-state index in [0.29, 0.717) is 0 Å². The van der Waals surface area contributed by atoms with Gasteiger partial charge in [-0.3, -0.25) is 0 Å². The van der Waals surface area contributed by atoms with Crippen LogP contribution >= 0.6 is 0 Å². The van der Waals surface area contributed by atoms with Crippen molar-refractivity contribution in [2.75, 3.05) is 24.7 Å². The quantitative estimate of drug-likeness (QED) is 0.546. The molecule has 3 saturated heterocycles. The van der Waals surface area contributed by atoms with Gasteiger partial charge in [-0.2, -0.15) is 0 Å². The molecule has 3 aliphatic rings. The van der Waals surface area contributed by atoms with Gasteiger partial charge in [0.1, 0.15) is 18.3 Å². The third-order valence-corrected chi connectivity index (χ3v) is 5.57.